The van der Waals surface area contributed by atoms with Crippen LogP contribution in [-0.4, -0.2) is 24.7 Å². The molecule has 4 rings (SSSR count). The van der Waals surface area contributed by atoms with E-state index in [4.69, 9.17) is 4.74 Å². The molecule has 176 valence electrons. The predicted octanol–water partition coefficient (Wildman–Crippen LogP) is 5.96. The Labute approximate surface area is 207 Å². The van der Waals surface area contributed by atoms with Crippen molar-refractivity contribution in [2.75, 3.05) is 12.8 Å². The lowest BCUT2D eigenvalue weighted by atomic mass is 10.2. The van der Waals surface area contributed by atoms with Gasteiger partial charge in [-0.2, -0.15) is 0 Å². The van der Waals surface area contributed by atoms with Gasteiger partial charge in [0.15, 0.2) is 0 Å². The highest BCUT2D eigenvalue weighted by Gasteiger charge is 2.14. The Morgan fingerprint density at radius 1 is 0.629 bits per heavy atom. The van der Waals surface area contributed by atoms with Crippen molar-refractivity contribution in [3.8, 4) is 0 Å². The zero-order valence-corrected chi connectivity index (χ0v) is 20.2. The van der Waals surface area contributed by atoms with Crippen LogP contribution in [0.25, 0.3) is 0 Å². The van der Waals surface area contributed by atoms with Crippen molar-refractivity contribution in [2.45, 2.75) is 0 Å². The van der Waals surface area contributed by atoms with Gasteiger partial charge in [0.25, 0.3) is 0 Å². The van der Waals surface area contributed by atoms with E-state index in [-0.39, 0.29) is 11.9 Å². The molecule has 0 saturated heterocycles. The maximum absolute atomic E-state index is 12.1. The highest BCUT2D eigenvalue weighted by Crippen LogP contribution is 2.32. The van der Waals surface area contributed by atoms with Crippen LogP contribution in [-0.2, 0) is 9.47 Å². The maximum atomic E-state index is 12.1. The summed E-state index contributed by atoms with van der Waals surface area (Å²) in [6.45, 7) is 3.70. The van der Waals surface area contributed by atoms with Gasteiger partial charge in [-0.3, -0.25) is 0 Å². The van der Waals surface area contributed by atoms with Gasteiger partial charge in [-0.25, -0.2) is 9.59 Å². The van der Waals surface area contributed by atoms with Gasteiger partial charge in [0.1, 0.15) is 0 Å². The predicted molar refractivity (Wildman–Crippen MR) is 143 cm³/mol. The second-order valence-corrected chi connectivity index (χ2v) is 9.60. The quantitative estimate of drug-likeness (QED) is 0.177. The third-order valence-corrected chi connectivity index (χ3v) is 7.37. The lowest BCUT2D eigenvalue weighted by Gasteiger charge is -2.18. The molecule has 0 radical (unpaired) electrons. The molecule has 0 aliphatic rings. The van der Waals surface area contributed by atoms with Gasteiger partial charge >= 0.3 is 11.9 Å². The van der Waals surface area contributed by atoms with Crippen molar-refractivity contribution in [1.82, 2.24) is 0 Å². The van der Waals surface area contributed by atoms with Gasteiger partial charge in [-0.1, -0.05) is 104 Å². The first kappa shape index (κ1) is 25.6. The molecule has 0 aliphatic carbocycles. The summed E-state index contributed by atoms with van der Waals surface area (Å²) in [5, 5.41) is 2.60. The van der Waals surface area contributed by atoms with Crippen LogP contribution in [0.1, 0.15) is 20.7 Å². The number of hydrogen-bond acceptors (Lipinski definition) is 4. The average Bonchev–Trinajstić information content (AvgIpc) is 2.93. The largest absolute Gasteiger partial charge is 0.462 e. The van der Waals surface area contributed by atoms with Crippen LogP contribution in [0.5, 0.6) is 0 Å². The number of hydrogen-bond donors (Lipinski definition) is 0. The van der Waals surface area contributed by atoms with Crippen LogP contribution < -0.4 is 10.6 Å². The molecule has 0 spiro atoms. The van der Waals surface area contributed by atoms with Gasteiger partial charge in [0.2, 0.25) is 0 Å². The average molecular weight is 483 g/mol. The second-order valence-electron chi connectivity index (χ2n) is 7.26. The van der Waals surface area contributed by atoms with Crippen LogP contribution in [0.2, 0.25) is 0 Å². The highest BCUT2D eigenvalue weighted by molar-refractivity contribution is 7.73. The van der Waals surface area contributed by atoms with Crippen molar-refractivity contribution >= 4 is 30.5 Å². The van der Waals surface area contributed by atoms with Gasteiger partial charge in [0.05, 0.1) is 24.0 Å². The molecule has 4 nitrogen and oxygen atoms in total. The van der Waals surface area contributed by atoms with Crippen LogP contribution in [0.4, 0.5) is 0 Å². The van der Waals surface area contributed by atoms with Crippen LogP contribution in [0.15, 0.2) is 134 Å². The van der Waals surface area contributed by atoms with E-state index in [0.29, 0.717) is 17.7 Å². The SMILES string of the molecule is C=COC(=O)c1ccccc1.O=C(OCCP(c1ccccc1)c1ccccc1)c1ccccc1. The number of carbonyl (C=O) groups excluding carboxylic acids is 2. The summed E-state index contributed by atoms with van der Waals surface area (Å²) in [5.74, 6) is -0.632. The van der Waals surface area contributed by atoms with Crippen LogP contribution >= 0.6 is 7.92 Å². The number of carbonyl (C=O) groups is 2. The Bertz CT molecular complexity index is 1140. The van der Waals surface area contributed by atoms with E-state index in [2.05, 4.69) is 59.8 Å². The molecule has 0 unspecified atom stereocenters. The molecule has 35 heavy (non-hydrogen) atoms. The molecule has 0 bridgehead atoms. The summed E-state index contributed by atoms with van der Waals surface area (Å²) in [6, 6.07) is 38.8. The summed E-state index contributed by atoms with van der Waals surface area (Å²) in [4.78, 5) is 23.0. The molecule has 0 amide bonds. The summed E-state index contributed by atoms with van der Waals surface area (Å²) < 4.78 is 10.0. The molecule has 4 aromatic rings. The lowest BCUT2D eigenvalue weighted by molar-refractivity contribution is 0.0529. The van der Waals surface area contributed by atoms with E-state index in [0.717, 1.165) is 12.4 Å². The van der Waals surface area contributed by atoms with Crippen molar-refractivity contribution in [2.24, 2.45) is 0 Å². The fourth-order valence-electron chi connectivity index (χ4n) is 3.23. The van der Waals surface area contributed by atoms with Gasteiger partial charge < -0.3 is 9.47 Å². The minimum Gasteiger partial charge on any atom is -0.462 e. The molecule has 0 fully saturated rings. The summed E-state index contributed by atoms with van der Waals surface area (Å²) >= 11 is 0. The van der Waals surface area contributed by atoms with E-state index in [1.807, 2.05) is 36.4 Å². The molecule has 0 aliphatic heterocycles. The van der Waals surface area contributed by atoms with Crippen LogP contribution in [0.3, 0.4) is 0 Å². The Balaban J connectivity index is 0.000000261. The number of rotatable bonds is 8. The van der Waals surface area contributed by atoms with E-state index in [1.54, 1.807) is 36.4 Å². The fourth-order valence-corrected chi connectivity index (χ4v) is 5.38. The van der Waals surface area contributed by atoms with Gasteiger partial charge in [-0.05, 0) is 42.8 Å². The molecule has 0 heterocycles. The Kier molecular flexibility index (Phi) is 10.5. The van der Waals surface area contributed by atoms with Crippen molar-refractivity contribution < 1.29 is 19.1 Å². The normalized spacial score (nSPS) is 9.97. The monoisotopic (exact) mass is 482 g/mol. The minimum atomic E-state index is -0.528. The Hall–Kier alpha value is -4.01. The zero-order chi connectivity index (χ0) is 24.7. The number of esters is 2. The highest BCUT2D eigenvalue weighted by atomic mass is 31.1. The molecular weight excluding hydrogens is 455 g/mol. The van der Waals surface area contributed by atoms with Crippen molar-refractivity contribution in [3.05, 3.63) is 145 Å². The molecule has 0 aromatic heterocycles. The third-order valence-electron chi connectivity index (χ3n) is 4.89. The third kappa shape index (κ3) is 8.37. The first-order valence-electron chi connectivity index (χ1n) is 11.2. The van der Waals surface area contributed by atoms with Crippen molar-refractivity contribution in [3.63, 3.8) is 0 Å². The summed E-state index contributed by atoms with van der Waals surface area (Å²) in [7, 11) is -0.528. The molecule has 4 aromatic carbocycles. The molecule has 0 N–H and O–H groups in total. The van der Waals surface area contributed by atoms with E-state index >= 15 is 0 Å². The summed E-state index contributed by atoms with van der Waals surface area (Å²) in [5.41, 5.74) is 1.13. The molecular formula is C30H27O4P. The fraction of sp³-hybridized carbons (Fsp3) is 0.0667. The van der Waals surface area contributed by atoms with Crippen LogP contribution in [0, 0.1) is 0 Å². The first-order chi connectivity index (χ1) is 17.2. The molecule has 0 atom stereocenters. The van der Waals surface area contributed by atoms with Crippen molar-refractivity contribution in [1.29, 1.82) is 0 Å². The Morgan fingerprint density at radius 3 is 1.46 bits per heavy atom. The Morgan fingerprint density at radius 2 is 1.03 bits per heavy atom. The lowest BCUT2D eigenvalue weighted by Crippen LogP contribution is -2.17. The summed E-state index contributed by atoms with van der Waals surface area (Å²) in [6.07, 6.45) is 1.94. The molecule has 0 saturated carbocycles. The second kappa shape index (κ2) is 14.3. The zero-order valence-electron chi connectivity index (χ0n) is 19.3. The standard InChI is InChI=1S/C21H19O2P.C9H8O2/c22-21(18-10-4-1-5-11-18)23-16-17-24(19-12-6-2-7-13-19)20-14-8-3-9-15-20;1-2-11-9(10)8-6-4-3-5-7-8/h1-15H,16-17H2;2-7H,1H2. The number of ether oxygens (including phenoxy) is 2. The van der Waals surface area contributed by atoms with Gasteiger partial charge in [0, 0.05) is 6.16 Å². The maximum Gasteiger partial charge on any atom is 0.342 e. The number of benzene rings is 4. The first-order valence-corrected chi connectivity index (χ1v) is 12.7. The molecule has 5 heteroatoms. The topological polar surface area (TPSA) is 52.6 Å². The van der Waals surface area contributed by atoms with E-state index < -0.39 is 7.92 Å². The minimum absolute atomic E-state index is 0.258. The van der Waals surface area contributed by atoms with E-state index in [9.17, 15) is 9.59 Å². The smallest absolute Gasteiger partial charge is 0.342 e. The van der Waals surface area contributed by atoms with E-state index in [1.165, 1.54) is 10.6 Å². The van der Waals surface area contributed by atoms with Gasteiger partial charge in [-0.15, -0.1) is 0 Å².